The van der Waals surface area contributed by atoms with E-state index in [0.717, 1.165) is 22.3 Å². The number of rotatable bonds is 5. The van der Waals surface area contributed by atoms with E-state index in [9.17, 15) is 9.90 Å². The van der Waals surface area contributed by atoms with Crippen LogP contribution < -0.4 is 10.6 Å². The summed E-state index contributed by atoms with van der Waals surface area (Å²) in [6, 6.07) is 32.3. The number of aromatic hydroxyl groups is 1. The Morgan fingerprint density at radius 3 is 2.13 bits per heavy atom. The quantitative estimate of drug-likeness (QED) is 0.348. The van der Waals surface area contributed by atoms with Crippen LogP contribution in [-0.2, 0) is 6.42 Å². The second-order valence-corrected chi connectivity index (χ2v) is 6.96. The molecule has 3 N–H and O–H groups in total. The molecule has 0 aliphatic rings. The van der Waals surface area contributed by atoms with Gasteiger partial charge in [0.2, 0.25) is 0 Å². The zero-order chi connectivity index (χ0) is 20.8. The van der Waals surface area contributed by atoms with E-state index in [0.29, 0.717) is 17.8 Å². The van der Waals surface area contributed by atoms with Gasteiger partial charge in [0.05, 0.1) is 11.4 Å². The minimum absolute atomic E-state index is 0.0370. The number of anilines is 2. The maximum atomic E-state index is 12.8. The minimum atomic E-state index is -0.408. The molecule has 0 spiro atoms. The number of para-hydroxylation sites is 2. The van der Waals surface area contributed by atoms with Gasteiger partial charge in [0.25, 0.3) is 0 Å². The van der Waals surface area contributed by atoms with Gasteiger partial charge in [0.15, 0.2) is 0 Å². The van der Waals surface area contributed by atoms with Crippen LogP contribution in [0, 0.1) is 0 Å². The third-order valence-corrected chi connectivity index (χ3v) is 4.86. The number of nitrogens with one attached hydrogen (secondary N) is 2. The number of hydrogen-bond acceptors (Lipinski definition) is 2. The Bertz CT molecular complexity index is 1140. The minimum Gasteiger partial charge on any atom is -0.506 e. The molecule has 4 nitrogen and oxygen atoms in total. The summed E-state index contributed by atoms with van der Waals surface area (Å²) < 4.78 is 0. The van der Waals surface area contributed by atoms with E-state index >= 15 is 0 Å². The highest BCUT2D eigenvalue weighted by molar-refractivity contribution is 6.03. The van der Waals surface area contributed by atoms with E-state index in [-0.39, 0.29) is 5.75 Å². The molecular weight excluding hydrogens is 372 g/mol. The van der Waals surface area contributed by atoms with E-state index in [1.807, 2.05) is 91.0 Å². The number of carbonyl (C=O) groups is 1. The molecule has 0 saturated carbocycles. The zero-order valence-electron chi connectivity index (χ0n) is 16.4. The third-order valence-electron chi connectivity index (χ3n) is 4.86. The number of phenols is 1. The molecule has 0 bridgehead atoms. The van der Waals surface area contributed by atoms with Crippen LogP contribution in [0.3, 0.4) is 0 Å². The van der Waals surface area contributed by atoms with Gasteiger partial charge in [0, 0.05) is 5.56 Å². The third kappa shape index (κ3) is 4.50. The molecule has 0 unspecified atom stereocenters. The Hall–Kier alpha value is -4.05. The topological polar surface area (TPSA) is 61.4 Å². The lowest BCUT2D eigenvalue weighted by atomic mass is 10.0. The van der Waals surface area contributed by atoms with Crippen LogP contribution >= 0.6 is 0 Å². The monoisotopic (exact) mass is 394 g/mol. The summed E-state index contributed by atoms with van der Waals surface area (Å²) in [7, 11) is 0. The lowest BCUT2D eigenvalue weighted by Crippen LogP contribution is -2.20. The Labute approximate surface area is 175 Å². The molecule has 2 amide bonds. The highest BCUT2D eigenvalue weighted by Crippen LogP contribution is 2.31. The second-order valence-electron chi connectivity index (χ2n) is 6.96. The average Bonchev–Trinajstić information content (AvgIpc) is 2.78. The van der Waals surface area contributed by atoms with Gasteiger partial charge in [-0.1, -0.05) is 91.0 Å². The van der Waals surface area contributed by atoms with E-state index in [1.165, 1.54) is 0 Å². The molecule has 4 aromatic rings. The molecule has 4 rings (SSSR count). The van der Waals surface area contributed by atoms with Crippen LogP contribution in [0.25, 0.3) is 11.1 Å². The summed E-state index contributed by atoms with van der Waals surface area (Å²) in [5.74, 6) is 0.0370. The van der Waals surface area contributed by atoms with Crippen molar-refractivity contribution in [1.82, 2.24) is 0 Å². The average molecular weight is 394 g/mol. The first kappa shape index (κ1) is 19.3. The molecule has 4 heteroatoms. The standard InChI is InChI=1S/C26H22N2O2/c29-24-17-9-14-21(18-19-10-3-1-4-11-19)25(24)28-26(30)27-23-16-8-7-15-22(23)20-12-5-2-6-13-20/h1-17,29H,18H2,(H2,27,28,30). The van der Waals surface area contributed by atoms with Gasteiger partial charge < -0.3 is 15.7 Å². The summed E-state index contributed by atoms with van der Waals surface area (Å²) >= 11 is 0. The summed E-state index contributed by atoms with van der Waals surface area (Å²) in [6.45, 7) is 0. The number of hydrogen-bond donors (Lipinski definition) is 3. The Morgan fingerprint density at radius 2 is 1.37 bits per heavy atom. The van der Waals surface area contributed by atoms with Gasteiger partial charge in [-0.3, -0.25) is 0 Å². The summed E-state index contributed by atoms with van der Waals surface area (Å²) in [5.41, 5.74) is 4.99. The summed E-state index contributed by atoms with van der Waals surface area (Å²) in [4.78, 5) is 12.8. The van der Waals surface area contributed by atoms with Crippen molar-refractivity contribution in [1.29, 1.82) is 0 Å². The molecule has 4 aromatic carbocycles. The fourth-order valence-corrected chi connectivity index (χ4v) is 3.42. The van der Waals surface area contributed by atoms with Gasteiger partial charge in [-0.15, -0.1) is 0 Å². The van der Waals surface area contributed by atoms with Crippen LogP contribution in [0.5, 0.6) is 5.75 Å². The van der Waals surface area contributed by atoms with E-state index in [4.69, 9.17) is 0 Å². The fourth-order valence-electron chi connectivity index (χ4n) is 3.42. The molecule has 0 fully saturated rings. The molecule has 0 heterocycles. The predicted molar refractivity (Wildman–Crippen MR) is 122 cm³/mol. The number of carbonyl (C=O) groups excluding carboxylic acids is 1. The number of benzene rings is 4. The van der Waals surface area contributed by atoms with Crippen LogP contribution in [0.1, 0.15) is 11.1 Å². The van der Waals surface area contributed by atoms with E-state index in [1.54, 1.807) is 12.1 Å². The Morgan fingerprint density at radius 1 is 0.700 bits per heavy atom. The maximum Gasteiger partial charge on any atom is 0.323 e. The first-order valence-corrected chi connectivity index (χ1v) is 9.78. The van der Waals surface area contributed by atoms with Gasteiger partial charge >= 0.3 is 6.03 Å². The molecule has 30 heavy (non-hydrogen) atoms. The Balaban J connectivity index is 1.56. The molecule has 0 radical (unpaired) electrons. The molecule has 0 aromatic heterocycles. The van der Waals surface area contributed by atoms with Gasteiger partial charge in [0.1, 0.15) is 5.75 Å². The summed E-state index contributed by atoms with van der Waals surface area (Å²) in [6.07, 6.45) is 0.603. The first-order chi connectivity index (χ1) is 14.7. The van der Waals surface area contributed by atoms with Crippen molar-refractivity contribution in [3.05, 3.63) is 114 Å². The van der Waals surface area contributed by atoms with Crippen molar-refractivity contribution >= 4 is 17.4 Å². The van der Waals surface area contributed by atoms with Crippen molar-refractivity contribution in [2.24, 2.45) is 0 Å². The molecule has 0 aliphatic heterocycles. The molecule has 0 atom stereocenters. The molecular formula is C26H22N2O2. The predicted octanol–water partition coefficient (Wildman–Crippen LogP) is 6.29. The van der Waals surface area contributed by atoms with Gasteiger partial charge in [-0.05, 0) is 35.2 Å². The van der Waals surface area contributed by atoms with Crippen LogP contribution in [0.2, 0.25) is 0 Å². The first-order valence-electron chi connectivity index (χ1n) is 9.78. The fraction of sp³-hybridized carbons (Fsp3) is 0.0385. The van der Waals surface area contributed by atoms with Crippen molar-refractivity contribution in [3.63, 3.8) is 0 Å². The zero-order valence-corrected chi connectivity index (χ0v) is 16.4. The van der Waals surface area contributed by atoms with Crippen LogP contribution in [0.4, 0.5) is 16.2 Å². The van der Waals surface area contributed by atoms with Crippen LogP contribution in [-0.4, -0.2) is 11.1 Å². The van der Waals surface area contributed by atoms with Gasteiger partial charge in [-0.2, -0.15) is 0 Å². The molecule has 0 saturated heterocycles. The molecule has 148 valence electrons. The van der Waals surface area contributed by atoms with Crippen molar-refractivity contribution in [2.75, 3.05) is 10.6 Å². The largest absolute Gasteiger partial charge is 0.506 e. The number of phenolic OH excluding ortho intramolecular Hbond substituents is 1. The highest BCUT2D eigenvalue weighted by atomic mass is 16.3. The Kier molecular flexibility index (Phi) is 5.76. The van der Waals surface area contributed by atoms with Crippen LogP contribution in [0.15, 0.2) is 103 Å². The lowest BCUT2D eigenvalue weighted by Gasteiger charge is -2.15. The number of amides is 2. The highest BCUT2D eigenvalue weighted by Gasteiger charge is 2.13. The maximum absolute atomic E-state index is 12.8. The normalized spacial score (nSPS) is 10.4. The SMILES string of the molecule is O=C(Nc1ccccc1-c1ccccc1)Nc1c(O)cccc1Cc1ccccc1. The summed E-state index contributed by atoms with van der Waals surface area (Å²) in [5, 5.41) is 16.1. The van der Waals surface area contributed by atoms with Gasteiger partial charge in [-0.25, -0.2) is 4.79 Å². The van der Waals surface area contributed by atoms with E-state index in [2.05, 4.69) is 10.6 Å². The molecule has 0 aliphatic carbocycles. The lowest BCUT2D eigenvalue weighted by molar-refractivity contribution is 0.262. The van der Waals surface area contributed by atoms with E-state index < -0.39 is 6.03 Å². The second kappa shape index (κ2) is 8.97. The van der Waals surface area contributed by atoms with Crippen molar-refractivity contribution in [2.45, 2.75) is 6.42 Å². The van der Waals surface area contributed by atoms with Crippen molar-refractivity contribution < 1.29 is 9.90 Å². The van der Waals surface area contributed by atoms with Crippen molar-refractivity contribution in [3.8, 4) is 16.9 Å². The number of urea groups is 1. The smallest absolute Gasteiger partial charge is 0.323 e.